The second-order valence-electron chi connectivity index (χ2n) is 1.02. The second kappa shape index (κ2) is 2.14. The van der Waals surface area contributed by atoms with Crippen molar-refractivity contribution in [1.29, 1.82) is 0 Å². The maximum atomic E-state index is 4.62. The molecular formula is C4H3NS2. The van der Waals surface area contributed by atoms with Gasteiger partial charge in [-0.05, 0) is 0 Å². The minimum atomic E-state index is 1.05. The molecule has 0 aromatic carbocycles. The molecule has 0 saturated carbocycles. The number of nitrogens with zero attached hydrogens (tertiary/aromatic N) is 1. The topological polar surface area (TPSA) is 12.9 Å². The summed E-state index contributed by atoms with van der Waals surface area (Å²) in [7, 11) is 0. The van der Waals surface area contributed by atoms with Crippen LogP contribution in [0, 0.1) is 0 Å². The summed E-state index contributed by atoms with van der Waals surface area (Å²) in [5, 5.41) is 1.62. The molecule has 0 aliphatic rings. The average Bonchev–Trinajstić information content (AvgIpc) is 2.14. The van der Waals surface area contributed by atoms with Crippen LogP contribution in [0.15, 0.2) is 11.7 Å². The SMILES string of the molecule is S=Cc1cncs1. The van der Waals surface area contributed by atoms with E-state index < -0.39 is 0 Å². The third kappa shape index (κ3) is 1.04. The van der Waals surface area contributed by atoms with E-state index in [1.807, 2.05) is 0 Å². The molecule has 0 fully saturated rings. The van der Waals surface area contributed by atoms with Gasteiger partial charge in [-0.1, -0.05) is 12.2 Å². The predicted molar refractivity (Wildman–Crippen MR) is 34.9 cm³/mol. The van der Waals surface area contributed by atoms with E-state index in [0.717, 1.165) is 4.88 Å². The van der Waals surface area contributed by atoms with Crippen LogP contribution < -0.4 is 0 Å². The van der Waals surface area contributed by atoms with E-state index in [2.05, 4.69) is 17.2 Å². The van der Waals surface area contributed by atoms with Gasteiger partial charge in [0, 0.05) is 11.6 Å². The van der Waals surface area contributed by atoms with Crippen LogP contribution in [-0.4, -0.2) is 10.4 Å². The van der Waals surface area contributed by atoms with Crippen LogP contribution in [0.2, 0.25) is 0 Å². The normalized spacial score (nSPS) is 8.57. The Bertz CT molecular complexity index is 145. The molecule has 0 atom stereocenters. The number of hydrogen-bond acceptors (Lipinski definition) is 3. The highest BCUT2D eigenvalue weighted by Crippen LogP contribution is 1.99. The number of thiazole rings is 1. The van der Waals surface area contributed by atoms with E-state index in [1.165, 1.54) is 0 Å². The molecular weight excluding hydrogens is 126 g/mol. The molecule has 1 aromatic heterocycles. The van der Waals surface area contributed by atoms with Crippen molar-refractivity contribution >= 4 is 28.9 Å². The van der Waals surface area contributed by atoms with Gasteiger partial charge in [0.25, 0.3) is 0 Å². The van der Waals surface area contributed by atoms with E-state index in [0.29, 0.717) is 0 Å². The van der Waals surface area contributed by atoms with Gasteiger partial charge in [0.05, 0.1) is 10.4 Å². The average molecular weight is 129 g/mol. The van der Waals surface area contributed by atoms with Crippen LogP contribution in [0.25, 0.3) is 0 Å². The molecule has 0 bridgehead atoms. The lowest BCUT2D eigenvalue weighted by molar-refractivity contribution is 1.42. The van der Waals surface area contributed by atoms with Crippen molar-refractivity contribution in [2.75, 3.05) is 0 Å². The molecule has 0 amide bonds. The van der Waals surface area contributed by atoms with E-state index in [1.54, 1.807) is 28.4 Å². The van der Waals surface area contributed by atoms with Crippen LogP contribution in [-0.2, 0) is 0 Å². The third-order valence-electron chi connectivity index (χ3n) is 0.568. The van der Waals surface area contributed by atoms with Gasteiger partial charge < -0.3 is 0 Å². The standard InChI is InChI=1S/C4H3NS2/c6-2-4-1-5-3-7-4/h1-3H. The number of rotatable bonds is 1. The van der Waals surface area contributed by atoms with Crippen molar-refractivity contribution in [3.05, 3.63) is 16.6 Å². The maximum Gasteiger partial charge on any atom is 0.0798 e. The fourth-order valence-electron chi connectivity index (χ4n) is 0.284. The number of thiocarbonyl (C=S) groups is 1. The van der Waals surface area contributed by atoms with E-state index >= 15 is 0 Å². The first-order valence-corrected chi connectivity index (χ1v) is 3.12. The summed E-state index contributed by atoms with van der Waals surface area (Å²) in [6.07, 6.45) is 1.75. The number of aromatic nitrogens is 1. The first kappa shape index (κ1) is 4.87. The Morgan fingerprint density at radius 3 is 3.00 bits per heavy atom. The molecule has 1 heterocycles. The summed E-state index contributed by atoms with van der Waals surface area (Å²) in [6.45, 7) is 0. The highest BCUT2D eigenvalue weighted by molar-refractivity contribution is 7.79. The van der Waals surface area contributed by atoms with Gasteiger partial charge in [-0.3, -0.25) is 4.98 Å². The zero-order valence-corrected chi connectivity index (χ0v) is 5.13. The summed E-state index contributed by atoms with van der Waals surface area (Å²) in [4.78, 5) is 4.86. The monoisotopic (exact) mass is 129 g/mol. The first-order chi connectivity index (χ1) is 3.43. The molecule has 1 nitrogen and oxygen atoms in total. The Morgan fingerprint density at radius 2 is 2.71 bits per heavy atom. The lowest BCUT2D eigenvalue weighted by Crippen LogP contribution is -1.60. The second-order valence-corrected chi connectivity index (χ2v) is 2.18. The summed E-state index contributed by atoms with van der Waals surface area (Å²) < 4.78 is 0. The highest BCUT2D eigenvalue weighted by atomic mass is 32.1. The van der Waals surface area contributed by atoms with Crippen LogP contribution in [0.3, 0.4) is 0 Å². The Kier molecular flexibility index (Phi) is 1.49. The van der Waals surface area contributed by atoms with Crippen molar-refractivity contribution in [3.8, 4) is 0 Å². The number of hydrogen-bond donors (Lipinski definition) is 0. The molecule has 0 aliphatic heterocycles. The highest BCUT2D eigenvalue weighted by Gasteiger charge is 1.81. The summed E-state index contributed by atoms with van der Waals surface area (Å²) in [6, 6.07) is 0. The van der Waals surface area contributed by atoms with Gasteiger partial charge in [0.2, 0.25) is 0 Å². The van der Waals surface area contributed by atoms with Crippen molar-refractivity contribution in [1.82, 2.24) is 4.98 Å². The van der Waals surface area contributed by atoms with E-state index in [4.69, 9.17) is 0 Å². The van der Waals surface area contributed by atoms with Crippen LogP contribution >= 0.6 is 23.6 Å². The molecule has 36 valence electrons. The minimum absolute atomic E-state index is 1.05. The molecule has 0 spiro atoms. The fourth-order valence-corrected chi connectivity index (χ4v) is 0.932. The molecule has 1 rings (SSSR count). The lowest BCUT2D eigenvalue weighted by atomic mass is 10.6. The Morgan fingerprint density at radius 1 is 1.86 bits per heavy atom. The first-order valence-electron chi connectivity index (χ1n) is 1.77. The summed E-state index contributed by atoms with van der Waals surface area (Å²) >= 11 is 6.17. The third-order valence-corrected chi connectivity index (χ3v) is 1.69. The Hall–Kier alpha value is -0.280. The fraction of sp³-hybridized carbons (Fsp3) is 0. The van der Waals surface area contributed by atoms with Crippen molar-refractivity contribution < 1.29 is 0 Å². The van der Waals surface area contributed by atoms with Gasteiger partial charge in [-0.25, -0.2) is 0 Å². The Balaban J connectivity index is 2.96. The molecule has 7 heavy (non-hydrogen) atoms. The summed E-state index contributed by atoms with van der Waals surface area (Å²) in [5.74, 6) is 0. The van der Waals surface area contributed by atoms with Crippen LogP contribution in [0.5, 0.6) is 0 Å². The van der Waals surface area contributed by atoms with Crippen molar-refractivity contribution in [3.63, 3.8) is 0 Å². The summed E-state index contributed by atoms with van der Waals surface area (Å²) in [5.41, 5.74) is 1.76. The van der Waals surface area contributed by atoms with Crippen LogP contribution in [0.4, 0.5) is 0 Å². The molecule has 1 aromatic rings. The smallest absolute Gasteiger partial charge is 0.0798 e. The van der Waals surface area contributed by atoms with Crippen molar-refractivity contribution in [2.45, 2.75) is 0 Å². The van der Waals surface area contributed by atoms with Crippen LogP contribution in [0.1, 0.15) is 4.88 Å². The molecule has 0 N–H and O–H groups in total. The predicted octanol–water partition coefficient (Wildman–Crippen LogP) is 1.49. The Labute approximate surface area is 51.0 Å². The largest absolute Gasteiger partial charge is 0.252 e. The molecule has 0 saturated heterocycles. The van der Waals surface area contributed by atoms with E-state index in [9.17, 15) is 0 Å². The van der Waals surface area contributed by atoms with Crippen molar-refractivity contribution in [2.24, 2.45) is 0 Å². The maximum absolute atomic E-state index is 4.62. The zero-order chi connectivity index (χ0) is 5.11. The molecule has 0 aliphatic carbocycles. The lowest BCUT2D eigenvalue weighted by Gasteiger charge is -1.66. The van der Waals surface area contributed by atoms with Gasteiger partial charge in [-0.2, -0.15) is 0 Å². The van der Waals surface area contributed by atoms with Gasteiger partial charge in [-0.15, -0.1) is 11.3 Å². The minimum Gasteiger partial charge on any atom is -0.252 e. The van der Waals surface area contributed by atoms with E-state index in [-0.39, 0.29) is 0 Å². The molecule has 0 radical (unpaired) electrons. The van der Waals surface area contributed by atoms with Gasteiger partial charge >= 0.3 is 0 Å². The molecule has 3 heteroatoms. The molecule has 0 unspecified atom stereocenters. The van der Waals surface area contributed by atoms with Gasteiger partial charge in [0.15, 0.2) is 0 Å². The van der Waals surface area contributed by atoms with Gasteiger partial charge in [0.1, 0.15) is 0 Å². The quantitative estimate of drug-likeness (QED) is 0.533. The zero-order valence-electron chi connectivity index (χ0n) is 3.50.